The predicted molar refractivity (Wildman–Crippen MR) is 101 cm³/mol. The average Bonchev–Trinajstić information content (AvgIpc) is 3.40. The van der Waals surface area contributed by atoms with Crippen molar-refractivity contribution >= 4 is 22.8 Å². The molecule has 142 valence electrons. The number of benzene rings is 1. The van der Waals surface area contributed by atoms with E-state index >= 15 is 0 Å². The Kier molecular flexibility index (Phi) is 4.76. The van der Waals surface area contributed by atoms with Gasteiger partial charge < -0.3 is 9.30 Å². The van der Waals surface area contributed by atoms with E-state index in [1.807, 2.05) is 6.07 Å². The fraction of sp³-hybridized carbons (Fsp3) is 0.400. The van der Waals surface area contributed by atoms with E-state index < -0.39 is 6.61 Å². The third-order valence-electron chi connectivity index (χ3n) is 5.14. The quantitative estimate of drug-likeness (QED) is 0.526. The monoisotopic (exact) mass is 391 g/mol. The van der Waals surface area contributed by atoms with Crippen LogP contribution in [0.5, 0.6) is 5.75 Å². The van der Waals surface area contributed by atoms with Gasteiger partial charge in [-0.3, -0.25) is 0 Å². The van der Waals surface area contributed by atoms with Crippen LogP contribution in [0.1, 0.15) is 38.6 Å². The maximum absolute atomic E-state index is 12.4. The van der Waals surface area contributed by atoms with E-state index in [9.17, 15) is 8.78 Å². The van der Waals surface area contributed by atoms with Crippen LogP contribution in [0.2, 0.25) is 5.02 Å². The maximum atomic E-state index is 12.4. The summed E-state index contributed by atoms with van der Waals surface area (Å²) in [6.07, 6.45) is 5.03. The molecule has 27 heavy (non-hydrogen) atoms. The summed E-state index contributed by atoms with van der Waals surface area (Å²) in [6, 6.07) is 6.79. The highest BCUT2D eigenvalue weighted by atomic mass is 35.5. The Morgan fingerprint density at radius 1 is 1.26 bits per heavy atom. The van der Waals surface area contributed by atoms with Crippen molar-refractivity contribution in [3.63, 3.8) is 0 Å². The van der Waals surface area contributed by atoms with Gasteiger partial charge in [0.05, 0.1) is 5.02 Å². The van der Waals surface area contributed by atoms with Crippen LogP contribution in [0.3, 0.4) is 0 Å². The number of hydrogen-bond donors (Lipinski definition) is 0. The zero-order valence-corrected chi connectivity index (χ0v) is 15.9. The molecule has 7 heteroatoms. The van der Waals surface area contributed by atoms with Gasteiger partial charge in [0.25, 0.3) is 0 Å². The summed E-state index contributed by atoms with van der Waals surface area (Å²) in [7, 11) is 0. The lowest BCUT2D eigenvalue weighted by atomic mass is 10.1. The topological polar surface area (TPSA) is 39.9 Å². The van der Waals surface area contributed by atoms with Crippen molar-refractivity contribution in [1.82, 2.24) is 14.5 Å². The number of pyridine rings is 1. The Hall–Kier alpha value is -2.21. The highest BCUT2D eigenvalue weighted by Crippen LogP contribution is 2.42. The first kappa shape index (κ1) is 18.2. The van der Waals surface area contributed by atoms with Crippen LogP contribution in [0, 0.1) is 5.92 Å². The van der Waals surface area contributed by atoms with Gasteiger partial charge in [-0.15, -0.1) is 0 Å². The first-order valence-electron chi connectivity index (χ1n) is 9.10. The summed E-state index contributed by atoms with van der Waals surface area (Å²) in [5.41, 5.74) is 3.18. The molecule has 4 nitrogen and oxygen atoms in total. The number of fused-ring (bicyclic) bond motifs is 1. The van der Waals surface area contributed by atoms with Crippen molar-refractivity contribution in [2.45, 2.75) is 45.8 Å². The van der Waals surface area contributed by atoms with Crippen LogP contribution < -0.4 is 4.74 Å². The molecule has 1 atom stereocenters. The molecule has 1 aliphatic carbocycles. The molecule has 2 aromatic heterocycles. The van der Waals surface area contributed by atoms with Crippen molar-refractivity contribution in [3.05, 3.63) is 41.3 Å². The first-order valence-corrected chi connectivity index (χ1v) is 9.48. The molecule has 1 saturated carbocycles. The Balaban J connectivity index is 1.83. The summed E-state index contributed by atoms with van der Waals surface area (Å²) in [6.45, 7) is 1.42. The van der Waals surface area contributed by atoms with Crippen molar-refractivity contribution in [3.8, 4) is 16.9 Å². The summed E-state index contributed by atoms with van der Waals surface area (Å²) in [4.78, 5) is 9.43. The minimum Gasteiger partial charge on any atom is -0.435 e. The standard InChI is InChI=1S/C20H20ClF2N3O/c1-3-17-25-18-15(14-7-6-13(10-16(14)21)27-20(22)23)8-9-24-19(18)26(17)11(2)12-4-5-12/h6-12,20H,3-5H2,1-2H3. The smallest absolute Gasteiger partial charge is 0.387 e. The zero-order chi connectivity index (χ0) is 19.1. The number of aromatic nitrogens is 3. The van der Waals surface area contributed by atoms with E-state index in [4.69, 9.17) is 16.6 Å². The van der Waals surface area contributed by atoms with Crippen molar-refractivity contribution in [1.29, 1.82) is 0 Å². The fourth-order valence-electron chi connectivity index (χ4n) is 3.61. The Labute approximate surface area is 161 Å². The maximum Gasteiger partial charge on any atom is 0.387 e. The lowest BCUT2D eigenvalue weighted by molar-refractivity contribution is -0.0498. The van der Waals surface area contributed by atoms with Crippen LogP contribution in [-0.4, -0.2) is 21.1 Å². The van der Waals surface area contributed by atoms with Crippen molar-refractivity contribution < 1.29 is 13.5 Å². The van der Waals surface area contributed by atoms with Gasteiger partial charge in [-0.25, -0.2) is 9.97 Å². The molecule has 0 bridgehead atoms. The van der Waals surface area contributed by atoms with Crippen LogP contribution in [0.15, 0.2) is 30.5 Å². The molecule has 2 heterocycles. The molecule has 0 aliphatic heterocycles. The van der Waals surface area contributed by atoms with Crippen LogP contribution in [0.25, 0.3) is 22.3 Å². The number of nitrogens with zero attached hydrogens (tertiary/aromatic N) is 3. The third kappa shape index (κ3) is 3.38. The fourth-order valence-corrected chi connectivity index (χ4v) is 3.88. The largest absolute Gasteiger partial charge is 0.435 e. The number of alkyl halides is 2. The molecular weight excluding hydrogens is 372 g/mol. The van der Waals surface area contributed by atoms with E-state index in [1.54, 1.807) is 12.3 Å². The van der Waals surface area contributed by atoms with Crippen LogP contribution in [-0.2, 0) is 6.42 Å². The second-order valence-electron chi connectivity index (χ2n) is 6.88. The predicted octanol–water partition coefficient (Wildman–Crippen LogP) is 5.89. The van der Waals surface area contributed by atoms with Gasteiger partial charge in [-0.05, 0) is 49.9 Å². The summed E-state index contributed by atoms with van der Waals surface area (Å²) in [5, 5.41) is 0.337. The molecule has 0 saturated heterocycles. The van der Waals surface area contributed by atoms with Crippen molar-refractivity contribution in [2.75, 3.05) is 0 Å². The lowest BCUT2D eigenvalue weighted by Crippen LogP contribution is -2.11. The Bertz CT molecular complexity index is 985. The summed E-state index contributed by atoms with van der Waals surface area (Å²) < 4.78 is 31.5. The molecule has 3 aromatic rings. The van der Waals surface area contributed by atoms with E-state index in [1.165, 1.54) is 25.0 Å². The van der Waals surface area contributed by atoms with Crippen molar-refractivity contribution in [2.24, 2.45) is 5.92 Å². The normalized spacial score (nSPS) is 15.5. The van der Waals surface area contributed by atoms with Crippen LogP contribution >= 0.6 is 11.6 Å². The average molecular weight is 392 g/mol. The second-order valence-corrected chi connectivity index (χ2v) is 7.29. The lowest BCUT2D eigenvalue weighted by Gasteiger charge is -2.16. The molecule has 1 fully saturated rings. The highest BCUT2D eigenvalue weighted by Gasteiger charge is 2.32. The van der Waals surface area contributed by atoms with Gasteiger partial charge in [-0.1, -0.05) is 18.5 Å². The molecule has 1 aromatic carbocycles. The molecular formula is C20H20ClF2N3O. The van der Waals surface area contributed by atoms with Gasteiger partial charge in [-0.2, -0.15) is 8.78 Å². The molecule has 4 rings (SSSR count). The van der Waals surface area contributed by atoms with E-state index in [0.717, 1.165) is 34.5 Å². The summed E-state index contributed by atoms with van der Waals surface area (Å²) >= 11 is 6.37. The minimum absolute atomic E-state index is 0.0335. The Morgan fingerprint density at radius 3 is 2.67 bits per heavy atom. The molecule has 0 N–H and O–H groups in total. The molecule has 0 radical (unpaired) electrons. The van der Waals surface area contributed by atoms with Gasteiger partial charge in [0.1, 0.15) is 17.1 Å². The van der Waals surface area contributed by atoms with Crippen LogP contribution in [0.4, 0.5) is 8.78 Å². The number of imidazole rings is 1. The van der Waals surface area contributed by atoms with Gasteiger partial charge in [0, 0.05) is 29.8 Å². The molecule has 0 amide bonds. The molecule has 1 aliphatic rings. The first-order chi connectivity index (χ1) is 13.0. The van der Waals surface area contributed by atoms with E-state index in [0.29, 0.717) is 17.0 Å². The molecule has 1 unspecified atom stereocenters. The number of halogens is 3. The van der Waals surface area contributed by atoms with Gasteiger partial charge in [0.15, 0.2) is 5.65 Å². The minimum atomic E-state index is -2.88. The number of rotatable bonds is 6. The highest BCUT2D eigenvalue weighted by molar-refractivity contribution is 6.33. The number of hydrogen-bond acceptors (Lipinski definition) is 3. The van der Waals surface area contributed by atoms with Gasteiger partial charge >= 0.3 is 6.61 Å². The molecule has 0 spiro atoms. The summed E-state index contributed by atoms with van der Waals surface area (Å²) in [5.74, 6) is 1.71. The zero-order valence-electron chi connectivity index (χ0n) is 15.1. The van der Waals surface area contributed by atoms with E-state index in [2.05, 4.69) is 28.1 Å². The van der Waals surface area contributed by atoms with E-state index in [-0.39, 0.29) is 5.75 Å². The number of ether oxygens (including phenoxy) is 1. The van der Waals surface area contributed by atoms with Gasteiger partial charge in [0.2, 0.25) is 0 Å². The second kappa shape index (κ2) is 7.08. The Morgan fingerprint density at radius 2 is 2.04 bits per heavy atom. The SMILES string of the molecule is CCc1nc2c(-c3ccc(OC(F)F)cc3Cl)ccnc2n1C(C)C1CC1. The number of aryl methyl sites for hydroxylation is 1. The third-order valence-corrected chi connectivity index (χ3v) is 5.45.